The van der Waals surface area contributed by atoms with Gasteiger partial charge in [-0.05, 0) is 36.6 Å². The zero-order valence-corrected chi connectivity index (χ0v) is 20.9. The summed E-state index contributed by atoms with van der Waals surface area (Å²) in [7, 11) is 1.74. The molecule has 186 valence electrons. The van der Waals surface area contributed by atoms with Gasteiger partial charge < -0.3 is 14.4 Å². The third-order valence-corrected chi connectivity index (χ3v) is 6.91. The van der Waals surface area contributed by atoms with Crippen LogP contribution in [-0.2, 0) is 11.4 Å². The Balaban J connectivity index is 1.35. The van der Waals surface area contributed by atoms with Crippen molar-refractivity contribution >= 4 is 17.5 Å². The number of anilines is 2. The number of ether oxygens (including phenoxy) is 2. The molecule has 1 fully saturated rings. The molecule has 1 saturated heterocycles. The molecule has 2 aromatic rings. The van der Waals surface area contributed by atoms with Crippen molar-refractivity contribution < 1.29 is 14.3 Å². The van der Waals surface area contributed by atoms with Crippen molar-refractivity contribution in [2.45, 2.75) is 39.2 Å². The highest BCUT2D eigenvalue weighted by Gasteiger charge is 2.27. The average Bonchev–Trinajstić information content (AvgIpc) is 3.13. The number of methoxy groups -OCH3 is 1. The fourth-order valence-electron chi connectivity index (χ4n) is 5.00. The number of nitrogens with zero attached hydrogens (tertiary/aromatic N) is 4. The highest BCUT2D eigenvalue weighted by atomic mass is 16.7. The predicted molar refractivity (Wildman–Crippen MR) is 139 cm³/mol. The third-order valence-electron chi connectivity index (χ3n) is 6.91. The van der Waals surface area contributed by atoms with Gasteiger partial charge in [-0.2, -0.15) is 0 Å². The molecule has 2 aromatic carbocycles. The molecular weight excluding hydrogens is 440 g/mol. The van der Waals surface area contributed by atoms with Crippen molar-refractivity contribution in [3.05, 3.63) is 58.7 Å². The first-order valence-corrected chi connectivity index (χ1v) is 12.8. The van der Waals surface area contributed by atoms with E-state index in [4.69, 9.17) is 19.3 Å². The Morgan fingerprint density at radius 3 is 2.74 bits per heavy atom. The molecule has 7 nitrogen and oxygen atoms in total. The topological polar surface area (TPSA) is 49.8 Å². The van der Waals surface area contributed by atoms with Gasteiger partial charge in [0.25, 0.3) is 0 Å². The number of hydroxylamine groups is 1. The molecule has 0 aromatic heterocycles. The summed E-state index contributed by atoms with van der Waals surface area (Å²) in [5, 5.41) is 4.02. The molecule has 0 spiro atoms. The highest BCUT2D eigenvalue weighted by molar-refractivity contribution is 5.62. The largest absolute Gasteiger partial charge is 0.495 e. The molecule has 0 radical (unpaired) electrons. The fraction of sp³-hybridized carbons (Fsp3) is 0.464. The quantitative estimate of drug-likeness (QED) is 0.516. The third kappa shape index (κ3) is 5.16. The molecular formula is C28H36N4O3. The molecule has 0 bridgehead atoms. The van der Waals surface area contributed by atoms with Gasteiger partial charge in [-0.1, -0.05) is 44.1 Å². The van der Waals surface area contributed by atoms with Crippen LogP contribution < -0.4 is 30.0 Å². The lowest BCUT2D eigenvalue weighted by atomic mass is 10.1. The van der Waals surface area contributed by atoms with Crippen LogP contribution in [0.1, 0.15) is 38.2 Å². The minimum Gasteiger partial charge on any atom is -0.495 e. The molecule has 3 heterocycles. The van der Waals surface area contributed by atoms with Crippen LogP contribution in [0.4, 0.5) is 11.4 Å². The van der Waals surface area contributed by atoms with E-state index < -0.39 is 0 Å². The van der Waals surface area contributed by atoms with E-state index in [9.17, 15) is 0 Å². The van der Waals surface area contributed by atoms with Crippen LogP contribution in [0.15, 0.2) is 47.6 Å². The van der Waals surface area contributed by atoms with Gasteiger partial charge in [-0.3, -0.25) is 14.7 Å². The van der Waals surface area contributed by atoms with Gasteiger partial charge in [-0.15, -0.1) is 0 Å². The summed E-state index contributed by atoms with van der Waals surface area (Å²) in [6.45, 7) is 8.13. The van der Waals surface area contributed by atoms with Gasteiger partial charge in [0, 0.05) is 44.1 Å². The Hall–Kier alpha value is -3.03. The Kier molecular flexibility index (Phi) is 7.54. The molecule has 0 amide bonds. The maximum Gasteiger partial charge on any atom is 0.185 e. The van der Waals surface area contributed by atoms with E-state index in [-0.39, 0.29) is 0 Å². The number of allylic oxidation sites excluding steroid dienone is 1. The summed E-state index contributed by atoms with van der Waals surface area (Å²) in [5.41, 5.74) is 3.45. The minimum absolute atomic E-state index is 0.411. The van der Waals surface area contributed by atoms with Crippen LogP contribution in [0.2, 0.25) is 0 Å². The van der Waals surface area contributed by atoms with Crippen LogP contribution in [0.3, 0.4) is 0 Å². The molecule has 0 N–H and O–H groups in total. The number of hydrogen-bond acceptors (Lipinski definition) is 7. The Labute approximate surface area is 207 Å². The summed E-state index contributed by atoms with van der Waals surface area (Å²) >= 11 is 0. The molecule has 0 aliphatic carbocycles. The molecule has 3 aliphatic rings. The van der Waals surface area contributed by atoms with Crippen molar-refractivity contribution in [2.75, 3.05) is 56.6 Å². The van der Waals surface area contributed by atoms with Gasteiger partial charge in [0.2, 0.25) is 0 Å². The summed E-state index contributed by atoms with van der Waals surface area (Å²) in [6, 6.07) is 10.5. The number of hydrogen-bond donors (Lipinski definition) is 0. The number of rotatable bonds is 9. The molecule has 3 aliphatic heterocycles. The van der Waals surface area contributed by atoms with E-state index >= 15 is 0 Å². The fourth-order valence-corrected chi connectivity index (χ4v) is 5.00. The number of benzene rings is 2. The summed E-state index contributed by atoms with van der Waals surface area (Å²) < 4.78 is 11.7. The van der Waals surface area contributed by atoms with Gasteiger partial charge in [0.05, 0.1) is 19.4 Å². The minimum atomic E-state index is 0.411. The van der Waals surface area contributed by atoms with Crippen LogP contribution in [0.25, 0.3) is 6.08 Å². The van der Waals surface area contributed by atoms with Crippen LogP contribution in [0, 0.1) is 0 Å². The Morgan fingerprint density at radius 2 is 1.91 bits per heavy atom. The molecule has 7 heteroatoms. The van der Waals surface area contributed by atoms with E-state index in [0.29, 0.717) is 13.3 Å². The van der Waals surface area contributed by atoms with E-state index in [1.807, 2.05) is 23.4 Å². The lowest BCUT2D eigenvalue weighted by Crippen LogP contribution is -2.47. The monoisotopic (exact) mass is 476 g/mol. The zero-order valence-electron chi connectivity index (χ0n) is 20.9. The second kappa shape index (κ2) is 11.1. The van der Waals surface area contributed by atoms with Crippen molar-refractivity contribution in [3.8, 4) is 11.5 Å². The van der Waals surface area contributed by atoms with Crippen LogP contribution in [0.5, 0.6) is 11.5 Å². The van der Waals surface area contributed by atoms with Crippen molar-refractivity contribution in [3.63, 3.8) is 0 Å². The number of fused-ring (bicyclic) bond motifs is 3. The van der Waals surface area contributed by atoms with Gasteiger partial charge in [0.15, 0.2) is 12.5 Å². The number of para-hydroxylation sites is 2. The highest BCUT2D eigenvalue weighted by Crippen LogP contribution is 2.32. The van der Waals surface area contributed by atoms with Gasteiger partial charge >= 0.3 is 0 Å². The van der Waals surface area contributed by atoms with Crippen molar-refractivity contribution in [1.82, 2.24) is 4.90 Å². The standard InChI is InChI=1S/C28H36N4O3/c1-3-4-9-18-35-32-21-34-28-25(32)19-22(23-10-7-8-13-29-27(23)28)20-30-14-16-31(17-15-30)24-11-5-6-12-26(24)33-2/h5-6,8,10-13,19H,3-4,7,9,14-18,20-21H2,1-2H3. The van der Waals surface area contributed by atoms with Crippen molar-refractivity contribution in [1.29, 1.82) is 0 Å². The second-order valence-corrected chi connectivity index (χ2v) is 9.23. The molecule has 35 heavy (non-hydrogen) atoms. The number of unbranched alkanes of at least 4 members (excludes halogenated alkanes) is 2. The van der Waals surface area contributed by atoms with Crippen molar-refractivity contribution in [2.24, 2.45) is 4.99 Å². The maximum absolute atomic E-state index is 6.09. The lowest BCUT2D eigenvalue weighted by molar-refractivity contribution is 0.0820. The van der Waals surface area contributed by atoms with E-state index in [1.165, 1.54) is 29.3 Å². The van der Waals surface area contributed by atoms with E-state index in [0.717, 1.165) is 68.1 Å². The van der Waals surface area contributed by atoms with Crippen LogP contribution in [-0.4, -0.2) is 51.5 Å². The Bertz CT molecular complexity index is 1170. The molecule has 5 rings (SSSR count). The van der Waals surface area contributed by atoms with E-state index in [2.05, 4.69) is 47.1 Å². The summed E-state index contributed by atoms with van der Waals surface area (Å²) in [5.74, 6) is 1.77. The second-order valence-electron chi connectivity index (χ2n) is 9.23. The lowest BCUT2D eigenvalue weighted by Gasteiger charge is -2.36. The smallest absolute Gasteiger partial charge is 0.185 e. The summed E-state index contributed by atoms with van der Waals surface area (Å²) in [4.78, 5) is 15.8. The zero-order chi connectivity index (χ0) is 24.0. The Morgan fingerprint density at radius 1 is 1.06 bits per heavy atom. The average molecular weight is 477 g/mol. The predicted octanol–water partition coefficient (Wildman–Crippen LogP) is 3.61. The van der Waals surface area contributed by atoms with Gasteiger partial charge in [0.1, 0.15) is 16.8 Å². The van der Waals surface area contributed by atoms with Gasteiger partial charge in [-0.25, -0.2) is 5.06 Å². The normalized spacial score (nSPS) is 17.2. The number of piperazine rings is 1. The first-order valence-electron chi connectivity index (χ1n) is 12.8. The maximum atomic E-state index is 6.09. The summed E-state index contributed by atoms with van der Waals surface area (Å²) in [6.07, 6.45) is 10.5. The van der Waals surface area contributed by atoms with E-state index in [1.54, 1.807) is 7.11 Å². The molecule has 0 atom stereocenters. The molecule has 0 unspecified atom stereocenters. The molecule has 0 saturated carbocycles. The van der Waals surface area contributed by atoms with Crippen LogP contribution >= 0.6 is 0 Å². The first-order chi connectivity index (χ1) is 17.3. The first kappa shape index (κ1) is 23.7. The SMILES string of the molecule is CCCCCON1COc2c1cc(CN1CCN(c3ccccc3OC)CC1)c1c2=NC=CCC=1.